The summed E-state index contributed by atoms with van der Waals surface area (Å²) in [6, 6.07) is 17.8. The highest BCUT2D eigenvalue weighted by molar-refractivity contribution is 6.32. The number of hydrogen-bond donors (Lipinski definition) is 1. The van der Waals surface area contributed by atoms with Gasteiger partial charge in [0, 0.05) is 13.1 Å². The van der Waals surface area contributed by atoms with E-state index in [0.29, 0.717) is 5.56 Å². The molecule has 0 radical (unpaired) electrons. The normalized spacial score (nSPS) is 23.0. The average Bonchev–Trinajstić information content (AvgIpc) is 3.19. The van der Waals surface area contributed by atoms with Gasteiger partial charge in [0.25, 0.3) is 6.43 Å². The Balaban J connectivity index is 1.74. The Kier molecular flexibility index (Phi) is 8.72. The topological polar surface area (TPSA) is 115 Å². The zero-order valence-electron chi connectivity index (χ0n) is 20.3. The second-order valence-corrected chi connectivity index (χ2v) is 9.10. The van der Waals surface area contributed by atoms with Crippen LogP contribution in [0.15, 0.2) is 71.7 Å². The molecule has 0 spiro atoms. The summed E-state index contributed by atoms with van der Waals surface area (Å²) in [4.78, 5) is 28.4. The van der Waals surface area contributed by atoms with Crippen LogP contribution in [0.3, 0.4) is 0 Å². The zero-order chi connectivity index (χ0) is 27.3. The van der Waals surface area contributed by atoms with Gasteiger partial charge in [0.15, 0.2) is 17.9 Å². The van der Waals surface area contributed by atoms with Crippen molar-refractivity contribution in [1.82, 2.24) is 9.55 Å². The molecule has 4 rings (SSSR count). The lowest BCUT2D eigenvalue weighted by Crippen LogP contribution is -2.54. The van der Waals surface area contributed by atoms with Crippen LogP contribution in [0.25, 0.3) is 0 Å². The lowest BCUT2D eigenvalue weighted by Gasteiger charge is -2.33. The van der Waals surface area contributed by atoms with Crippen LogP contribution in [0.1, 0.15) is 24.3 Å². The first-order valence-corrected chi connectivity index (χ1v) is 12.0. The quantitative estimate of drug-likeness (QED) is 0.380. The summed E-state index contributed by atoms with van der Waals surface area (Å²) in [5.41, 5.74) is 3.68. The van der Waals surface area contributed by atoms with Crippen molar-refractivity contribution >= 4 is 23.4 Å². The van der Waals surface area contributed by atoms with E-state index in [2.05, 4.69) is 4.98 Å². The minimum absolute atomic E-state index is 0.00216. The van der Waals surface area contributed by atoms with Gasteiger partial charge in [-0.2, -0.15) is 4.98 Å². The van der Waals surface area contributed by atoms with E-state index in [0.717, 1.165) is 23.3 Å². The summed E-state index contributed by atoms with van der Waals surface area (Å²) in [5.74, 6) is -1.05. The van der Waals surface area contributed by atoms with E-state index >= 15 is 0 Å². The number of nitrogen functional groups attached to an aromatic ring is 1. The summed E-state index contributed by atoms with van der Waals surface area (Å²) in [5, 5.41) is -0.119. The maximum Gasteiger partial charge on any atom is 0.351 e. The molecule has 0 bridgehead atoms. The SMILES string of the molecule is CC(=O)O[C@H]1[C@H](n2cc(Cl)c(N)nc2=O)O[C@@](COCc2ccccc2)(C(F)F)[C@H]1OCc1ccccc1. The Labute approximate surface area is 222 Å². The molecule has 2 aromatic carbocycles. The largest absolute Gasteiger partial charge is 0.455 e. The highest BCUT2D eigenvalue weighted by Crippen LogP contribution is 2.45. The number of rotatable bonds is 10. The lowest BCUT2D eigenvalue weighted by molar-refractivity contribution is -0.215. The molecule has 0 saturated carbocycles. The van der Waals surface area contributed by atoms with E-state index in [1.54, 1.807) is 54.6 Å². The fourth-order valence-electron chi connectivity index (χ4n) is 4.21. The number of benzene rings is 2. The summed E-state index contributed by atoms with van der Waals surface area (Å²) >= 11 is 6.07. The lowest BCUT2D eigenvalue weighted by atomic mass is 9.95. The van der Waals surface area contributed by atoms with Crippen LogP contribution in [0.4, 0.5) is 14.6 Å². The average molecular weight is 550 g/mol. The molecule has 2 N–H and O–H groups in total. The number of carbonyl (C=O) groups is 1. The van der Waals surface area contributed by atoms with Crippen molar-refractivity contribution in [2.24, 2.45) is 0 Å². The minimum Gasteiger partial charge on any atom is -0.455 e. The molecule has 1 fully saturated rings. The minimum atomic E-state index is -3.17. The molecule has 2 heterocycles. The third kappa shape index (κ3) is 6.02. The number of esters is 1. The van der Waals surface area contributed by atoms with Crippen LogP contribution < -0.4 is 11.4 Å². The molecular weight excluding hydrogens is 524 g/mol. The van der Waals surface area contributed by atoms with Gasteiger partial charge in [-0.25, -0.2) is 13.6 Å². The fourth-order valence-corrected chi connectivity index (χ4v) is 4.35. The van der Waals surface area contributed by atoms with Gasteiger partial charge >= 0.3 is 11.7 Å². The smallest absolute Gasteiger partial charge is 0.351 e. The second kappa shape index (κ2) is 12.0. The molecule has 0 amide bonds. The van der Waals surface area contributed by atoms with Crippen LogP contribution in [-0.4, -0.2) is 46.4 Å². The molecule has 38 heavy (non-hydrogen) atoms. The maximum atomic E-state index is 15.0. The van der Waals surface area contributed by atoms with Gasteiger partial charge in [0.2, 0.25) is 0 Å². The molecule has 1 aliphatic rings. The number of hydrogen-bond acceptors (Lipinski definition) is 8. The third-order valence-corrected chi connectivity index (χ3v) is 6.28. The molecule has 12 heteroatoms. The maximum absolute atomic E-state index is 15.0. The van der Waals surface area contributed by atoms with E-state index in [9.17, 15) is 18.4 Å². The van der Waals surface area contributed by atoms with Crippen LogP contribution >= 0.6 is 11.6 Å². The number of carbonyl (C=O) groups excluding carboxylic acids is 1. The fraction of sp³-hybridized carbons (Fsp3) is 0.346. The Morgan fingerprint density at radius 3 is 2.32 bits per heavy atom. The van der Waals surface area contributed by atoms with Gasteiger partial charge in [-0.15, -0.1) is 0 Å². The van der Waals surface area contributed by atoms with Gasteiger partial charge in [-0.1, -0.05) is 72.3 Å². The molecule has 0 aliphatic carbocycles. The number of aromatic nitrogens is 2. The molecule has 1 aromatic heterocycles. The summed E-state index contributed by atoms with van der Waals surface area (Å²) in [6.07, 6.45) is -6.67. The van der Waals surface area contributed by atoms with Gasteiger partial charge in [0.1, 0.15) is 11.9 Å². The molecule has 4 atom stereocenters. The number of anilines is 1. The Hall–Kier alpha value is -3.38. The highest BCUT2D eigenvalue weighted by Gasteiger charge is 2.64. The van der Waals surface area contributed by atoms with Gasteiger partial charge in [-0.3, -0.25) is 9.36 Å². The number of nitrogens with zero attached hydrogens (tertiary/aromatic N) is 2. The molecule has 3 aromatic rings. The van der Waals surface area contributed by atoms with Crippen LogP contribution in [0.5, 0.6) is 0 Å². The van der Waals surface area contributed by atoms with Crippen molar-refractivity contribution < 1.29 is 32.5 Å². The third-order valence-electron chi connectivity index (χ3n) is 5.99. The highest BCUT2D eigenvalue weighted by atomic mass is 35.5. The Morgan fingerprint density at radius 2 is 1.74 bits per heavy atom. The number of halogens is 3. The molecule has 1 aliphatic heterocycles. The molecule has 9 nitrogen and oxygen atoms in total. The molecule has 202 valence electrons. The van der Waals surface area contributed by atoms with Gasteiger partial charge in [0.05, 0.1) is 24.8 Å². The molecule has 0 unspecified atom stereocenters. The summed E-state index contributed by atoms with van der Waals surface area (Å²) < 4.78 is 53.8. The van der Waals surface area contributed by atoms with Crippen LogP contribution in [-0.2, 0) is 37.0 Å². The number of nitrogens with two attached hydrogens (primary N) is 1. The van der Waals surface area contributed by atoms with Crippen molar-refractivity contribution in [3.8, 4) is 0 Å². The standard InChI is InChI=1S/C26H26ClF2N3O6/c1-16(33)37-20-21(36-14-18-10-6-3-7-11-18)26(24(28)29,15-35-13-17-8-4-2-5-9-17)38-23(20)32-12-19(27)22(30)31-25(32)34/h2-12,20-21,23-24H,13-15H2,1H3,(H2,30,31,34)/t20-,21+,23-,26-/m1/s1. The first kappa shape index (κ1) is 27.6. The van der Waals surface area contributed by atoms with E-state index < -0.39 is 48.7 Å². The van der Waals surface area contributed by atoms with E-state index in [1.165, 1.54) is 0 Å². The predicted octanol–water partition coefficient (Wildman–Crippen LogP) is 3.75. The predicted molar refractivity (Wildman–Crippen MR) is 133 cm³/mol. The van der Waals surface area contributed by atoms with Gasteiger partial charge < -0.3 is 24.7 Å². The molecular formula is C26H26ClF2N3O6. The van der Waals surface area contributed by atoms with Crippen LogP contribution in [0, 0.1) is 0 Å². The molecule has 1 saturated heterocycles. The second-order valence-electron chi connectivity index (χ2n) is 8.70. The Morgan fingerprint density at radius 1 is 1.13 bits per heavy atom. The summed E-state index contributed by atoms with van der Waals surface area (Å²) in [7, 11) is 0. The van der Waals surface area contributed by atoms with Crippen molar-refractivity contribution in [2.45, 2.75) is 50.6 Å². The van der Waals surface area contributed by atoms with Crippen molar-refractivity contribution in [3.63, 3.8) is 0 Å². The summed E-state index contributed by atoms with van der Waals surface area (Å²) in [6.45, 7) is 0.360. The van der Waals surface area contributed by atoms with Crippen molar-refractivity contribution in [1.29, 1.82) is 0 Å². The van der Waals surface area contributed by atoms with Crippen molar-refractivity contribution in [3.05, 3.63) is 93.5 Å². The first-order chi connectivity index (χ1) is 18.2. The Bertz CT molecular complexity index is 1300. The monoisotopic (exact) mass is 549 g/mol. The van der Waals surface area contributed by atoms with Crippen LogP contribution in [0.2, 0.25) is 5.02 Å². The van der Waals surface area contributed by atoms with Gasteiger partial charge in [-0.05, 0) is 11.1 Å². The van der Waals surface area contributed by atoms with E-state index in [4.69, 9.17) is 36.3 Å². The van der Waals surface area contributed by atoms with E-state index in [1.807, 2.05) is 6.07 Å². The van der Waals surface area contributed by atoms with E-state index in [-0.39, 0.29) is 24.1 Å². The number of ether oxygens (including phenoxy) is 4. The zero-order valence-corrected chi connectivity index (χ0v) is 21.1. The first-order valence-electron chi connectivity index (χ1n) is 11.7. The number of alkyl halides is 2. The van der Waals surface area contributed by atoms with Crippen molar-refractivity contribution in [2.75, 3.05) is 12.3 Å².